The summed E-state index contributed by atoms with van der Waals surface area (Å²) in [7, 11) is 0. The Labute approximate surface area is 110 Å². The first-order valence-electron chi connectivity index (χ1n) is 6.47. The number of carbonyl (C=O) groups excluding carboxylic acids is 1. The molecule has 0 aromatic heterocycles. The first-order valence-corrected chi connectivity index (χ1v) is 6.47. The van der Waals surface area contributed by atoms with Crippen LogP contribution in [0, 0.1) is 17.3 Å². The van der Waals surface area contributed by atoms with Gasteiger partial charge in [0.2, 0.25) is 5.91 Å². The normalized spacial score (nSPS) is 34.5. The summed E-state index contributed by atoms with van der Waals surface area (Å²) in [6.07, 6.45) is 4.56. The lowest BCUT2D eigenvalue weighted by molar-refractivity contribution is -0.125. The highest BCUT2D eigenvalue weighted by Crippen LogP contribution is 2.55. The van der Waals surface area contributed by atoms with Gasteiger partial charge in [0, 0.05) is 12.5 Å². The van der Waals surface area contributed by atoms with Crippen molar-refractivity contribution in [2.24, 2.45) is 23.0 Å². The molecule has 3 unspecified atom stereocenters. The lowest BCUT2D eigenvalue weighted by Crippen LogP contribution is -2.53. The van der Waals surface area contributed by atoms with Gasteiger partial charge in [-0.1, -0.05) is 13.8 Å². The maximum absolute atomic E-state index is 12.1. The van der Waals surface area contributed by atoms with Crippen LogP contribution in [0.5, 0.6) is 0 Å². The smallest absolute Gasteiger partial charge is 0.224 e. The maximum atomic E-state index is 12.1. The Hall–Kier alpha value is -0.280. The van der Waals surface area contributed by atoms with Gasteiger partial charge in [0.25, 0.3) is 0 Å². The molecular formula is C13H25ClN2O. The molecule has 0 aliphatic heterocycles. The van der Waals surface area contributed by atoms with Crippen LogP contribution in [0.1, 0.15) is 46.5 Å². The zero-order valence-corrected chi connectivity index (χ0v) is 11.9. The molecule has 2 fully saturated rings. The molecule has 4 heteroatoms. The summed E-state index contributed by atoms with van der Waals surface area (Å²) in [5.41, 5.74) is 5.90. The van der Waals surface area contributed by atoms with Gasteiger partial charge in [-0.3, -0.25) is 4.79 Å². The third kappa shape index (κ3) is 2.76. The summed E-state index contributed by atoms with van der Waals surface area (Å²) in [6, 6.07) is 0. The molecule has 100 valence electrons. The van der Waals surface area contributed by atoms with Crippen LogP contribution in [-0.2, 0) is 4.79 Å². The average Bonchev–Trinajstić information content (AvgIpc) is 3.11. The molecule has 2 aliphatic rings. The minimum absolute atomic E-state index is 0. The fraction of sp³-hybridized carbons (Fsp3) is 0.923. The van der Waals surface area contributed by atoms with Crippen molar-refractivity contribution < 1.29 is 4.79 Å². The summed E-state index contributed by atoms with van der Waals surface area (Å²) in [5, 5.41) is 3.19. The minimum Gasteiger partial charge on any atom is -0.349 e. The zero-order chi connectivity index (χ0) is 12.0. The van der Waals surface area contributed by atoms with Crippen molar-refractivity contribution in [2.75, 3.05) is 6.54 Å². The molecule has 17 heavy (non-hydrogen) atoms. The molecule has 3 atom stereocenters. The molecule has 0 bridgehead atoms. The highest BCUT2D eigenvalue weighted by Gasteiger charge is 2.54. The van der Waals surface area contributed by atoms with Gasteiger partial charge in [0.05, 0.1) is 5.54 Å². The van der Waals surface area contributed by atoms with Gasteiger partial charge in [-0.25, -0.2) is 0 Å². The molecule has 2 saturated carbocycles. The van der Waals surface area contributed by atoms with Gasteiger partial charge in [0.15, 0.2) is 0 Å². The largest absolute Gasteiger partial charge is 0.349 e. The molecule has 1 amide bonds. The first kappa shape index (κ1) is 14.8. The number of nitrogens with one attached hydrogen (secondary N) is 1. The third-order valence-corrected chi connectivity index (χ3v) is 4.79. The lowest BCUT2D eigenvalue weighted by atomic mass is 9.95. The Kier molecular flexibility index (Phi) is 4.15. The van der Waals surface area contributed by atoms with Crippen LogP contribution >= 0.6 is 12.4 Å². The van der Waals surface area contributed by atoms with Crippen LogP contribution in [0.3, 0.4) is 0 Å². The summed E-state index contributed by atoms with van der Waals surface area (Å²) < 4.78 is 0. The quantitative estimate of drug-likeness (QED) is 0.795. The van der Waals surface area contributed by atoms with E-state index in [4.69, 9.17) is 5.73 Å². The van der Waals surface area contributed by atoms with Crippen LogP contribution < -0.4 is 11.1 Å². The Balaban J connectivity index is 0.00000144. The van der Waals surface area contributed by atoms with E-state index in [0.29, 0.717) is 12.5 Å². The number of nitrogens with two attached hydrogens (primary N) is 1. The highest BCUT2D eigenvalue weighted by molar-refractivity contribution is 5.85. The zero-order valence-electron chi connectivity index (χ0n) is 11.1. The van der Waals surface area contributed by atoms with Gasteiger partial charge < -0.3 is 11.1 Å². The van der Waals surface area contributed by atoms with Crippen molar-refractivity contribution in [3.05, 3.63) is 0 Å². The second-order valence-electron chi connectivity index (χ2n) is 6.15. The second-order valence-corrected chi connectivity index (χ2v) is 6.15. The fourth-order valence-corrected chi connectivity index (χ4v) is 2.62. The van der Waals surface area contributed by atoms with Crippen LogP contribution in [0.15, 0.2) is 0 Å². The van der Waals surface area contributed by atoms with Crippen molar-refractivity contribution in [3.8, 4) is 0 Å². The SMILES string of the molecule is CCC1(C)CC1C(=O)NC(C)(CN)C1CC1.Cl. The molecule has 0 radical (unpaired) electrons. The van der Waals surface area contributed by atoms with Crippen molar-refractivity contribution >= 4 is 18.3 Å². The molecule has 0 aromatic rings. The van der Waals surface area contributed by atoms with Crippen molar-refractivity contribution in [3.63, 3.8) is 0 Å². The Morgan fingerprint density at radius 3 is 2.47 bits per heavy atom. The Morgan fingerprint density at radius 1 is 1.53 bits per heavy atom. The van der Waals surface area contributed by atoms with Gasteiger partial charge in [0.1, 0.15) is 0 Å². The maximum Gasteiger partial charge on any atom is 0.224 e. The van der Waals surface area contributed by atoms with Crippen LogP contribution in [0.25, 0.3) is 0 Å². The Morgan fingerprint density at radius 2 is 2.12 bits per heavy atom. The molecule has 0 heterocycles. The standard InChI is InChI=1S/C13H24N2O.ClH/c1-4-12(2)7-10(12)11(16)15-13(3,8-14)9-5-6-9;/h9-10H,4-8,14H2,1-3H3,(H,15,16);1H. The molecule has 2 rings (SSSR count). The number of amides is 1. The fourth-order valence-electron chi connectivity index (χ4n) is 2.62. The third-order valence-electron chi connectivity index (χ3n) is 4.79. The molecule has 0 aromatic carbocycles. The van der Waals surface area contributed by atoms with Crippen LogP contribution in [0.2, 0.25) is 0 Å². The predicted molar refractivity (Wildman–Crippen MR) is 72.1 cm³/mol. The molecule has 2 aliphatic carbocycles. The van der Waals surface area contributed by atoms with E-state index < -0.39 is 0 Å². The molecule has 3 N–H and O–H groups in total. The second kappa shape index (κ2) is 4.77. The van der Waals surface area contributed by atoms with Crippen molar-refractivity contribution in [2.45, 2.75) is 52.0 Å². The average molecular weight is 261 g/mol. The van der Waals surface area contributed by atoms with Gasteiger partial charge in [-0.2, -0.15) is 0 Å². The topological polar surface area (TPSA) is 55.1 Å². The van der Waals surface area contributed by atoms with Crippen molar-refractivity contribution in [1.82, 2.24) is 5.32 Å². The van der Waals surface area contributed by atoms with E-state index in [1.54, 1.807) is 0 Å². The van der Waals surface area contributed by atoms with Gasteiger partial charge in [-0.15, -0.1) is 12.4 Å². The lowest BCUT2D eigenvalue weighted by Gasteiger charge is -2.30. The van der Waals surface area contributed by atoms with E-state index in [1.807, 2.05) is 0 Å². The summed E-state index contributed by atoms with van der Waals surface area (Å²) in [4.78, 5) is 12.1. The van der Waals surface area contributed by atoms with Gasteiger partial charge >= 0.3 is 0 Å². The van der Waals surface area contributed by atoms with Crippen molar-refractivity contribution in [1.29, 1.82) is 0 Å². The monoisotopic (exact) mass is 260 g/mol. The number of rotatable bonds is 5. The van der Waals surface area contributed by atoms with E-state index in [9.17, 15) is 4.79 Å². The number of hydrogen-bond acceptors (Lipinski definition) is 2. The number of hydrogen-bond donors (Lipinski definition) is 2. The number of halogens is 1. The first-order chi connectivity index (χ1) is 7.45. The summed E-state index contributed by atoms with van der Waals surface area (Å²) in [5.74, 6) is 1.06. The Bertz CT molecular complexity index is 306. The van der Waals surface area contributed by atoms with E-state index in [2.05, 4.69) is 26.1 Å². The minimum atomic E-state index is -0.158. The summed E-state index contributed by atoms with van der Waals surface area (Å²) >= 11 is 0. The molecule has 0 spiro atoms. The highest BCUT2D eigenvalue weighted by atomic mass is 35.5. The molecule has 3 nitrogen and oxygen atoms in total. The predicted octanol–water partition coefficient (Wildman–Crippen LogP) is 2.09. The molecular weight excluding hydrogens is 236 g/mol. The number of carbonyl (C=O) groups is 1. The summed E-state index contributed by atoms with van der Waals surface area (Å²) in [6.45, 7) is 7.01. The van der Waals surface area contributed by atoms with Crippen LogP contribution in [0.4, 0.5) is 0 Å². The van der Waals surface area contributed by atoms with Crippen LogP contribution in [-0.4, -0.2) is 18.0 Å². The van der Waals surface area contributed by atoms with E-state index in [1.165, 1.54) is 12.8 Å². The molecule has 0 saturated heterocycles. The van der Waals surface area contributed by atoms with Gasteiger partial charge in [-0.05, 0) is 43.9 Å². The van der Waals surface area contributed by atoms with E-state index in [0.717, 1.165) is 12.8 Å². The van der Waals surface area contributed by atoms with E-state index in [-0.39, 0.29) is 35.2 Å². The van der Waals surface area contributed by atoms with E-state index >= 15 is 0 Å².